The van der Waals surface area contributed by atoms with Crippen molar-refractivity contribution in [1.29, 1.82) is 0 Å². The molecule has 0 saturated carbocycles. The van der Waals surface area contributed by atoms with Crippen LogP contribution in [0, 0.1) is 11.5 Å². The summed E-state index contributed by atoms with van der Waals surface area (Å²) in [5.74, 6) is 4.05. The zero-order valence-corrected chi connectivity index (χ0v) is 10.2. The van der Waals surface area contributed by atoms with Crippen molar-refractivity contribution < 1.29 is 0 Å². The summed E-state index contributed by atoms with van der Waals surface area (Å²) in [5.41, 5.74) is 4.31. The van der Waals surface area contributed by atoms with Crippen LogP contribution in [0.2, 0.25) is 19.6 Å². The third-order valence-corrected chi connectivity index (χ3v) is 2.49. The van der Waals surface area contributed by atoms with Crippen LogP contribution in [0.3, 0.4) is 0 Å². The zero-order valence-electron chi connectivity index (χ0n) is 9.18. The molecule has 1 aromatic heterocycles. The molecule has 3 heteroatoms. The van der Waals surface area contributed by atoms with Crippen molar-refractivity contribution >= 4 is 13.9 Å². The molecule has 74 valence electrons. The highest BCUT2D eigenvalue weighted by Crippen LogP contribution is 2.09. The first kappa shape index (κ1) is 10.8. The van der Waals surface area contributed by atoms with Gasteiger partial charge in [0.2, 0.25) is 0 Å². The van der Waals surface area contributed by atoms with Crippen molar-refractivity contribution in [3.05, 3.63) is 23.9 Å². The smallest absolute Gasteiger partial charge is 0.141 e. The SMILES string of the molecule is CNc1ncccc1C#C[Si](C)(C)C. The van der Waals surface area contributed by atoms with E-state index in [-0.39, 0.29) is 0 Å². The molecule has 1 heterocycles. The van der Waals surface area contributed by atoms with E-state index in [1.807, 2.05) is 19.2 Å². The minimum Gasteiger partial charge on any atom is -0.372 e. The first-order valence-electron chi connectivity index (χ1n) is 4.69. The monoisotopic (exact) mass is 204 g/mol. The van der Waals surface area contributed by atoms with E-state index in [0.717, 1.165) is 11.4 Å². The fourth-order valence-electron chi connectivity index (χ4n) is 0.960. The molecule has 0 amide bonds. The minimum atomic E-state index is -1.29. The number of nitrogens with zero attached hydrogens (tertiary/aromatic N) is 1. The summed E-state index contributed by atoms with van der Waals surface area (Å²) in [6, 6.07) is 3.90. The lowest BCUT2D eigenvalue weighted by Crippen LogP contribution is -2.16. The van der Waals surface area contributed by atoms with Crippen molar-refractivity contribution in [1.82, 2.24) is 4.98 Å². The first-order chi connectivity index (χ1) is 6.53. The summed E-state index contributed by atoms with van der Waals surface area (Å²) in [5, 5.41) is 3.03. The van der Waals surface area contributed by atoms with Gasteiger partial charge in [-0.25, -0.2) is 4.98 Å². The van der Waals surface area contributed by atoms with Crippen LogP contribution >= 0.6 is 0 Å². The van der Waals surface area contributed by atoms with Crippen LogP contribution in [-0.4, -0.2) is 20.1 Å². The maximum absolute atomic E-state index is 4.20. The van der Waals surface area contributed by atoms with E-state index >= 15 is 0 Å². The van der Waals surface area contributed by atoms with Gasteiger partial charge in [-0.05, 0) is 12.1 Å². The summed E-state index contributed by atoms with van der Waals surface area (Å²) in [6.07, 6.45) is 1.77. The van der Waals surface area contributed by atoms with Gasteiger partial charge >= 0.3 is 0 Å². The van der Waals surface area contributed by atoms with Gasteiger partial charge in [0.1, 0.15) is 13.9 Å². The van der Waals surface area contributed by atoms with Crippen LogP contribution in [-0.2, 0) is 0 Å². The predicted molar refractivity (Wildman–Crippen MR) is 64.0 cm³/mol. The number of nitrogens with one attached hydrogen (secondary N) is 1. The maximum Gasteiger partial charge on any atom is 0.141 e. The molecule has 0 saturated heterocycles. The number of rotatable bonds is 1. The number of hydrogen-bond acceptors (Lipinski definition) is 2. The van der Waals surface area contributed by atoms with Gasteiger partial charge in [-0.15, -0.1) is 5.54 Å². The molecule has 14 heavy (non-hydrogen) atoms. The van der Waals surface area contributed by atoms with Gasteiger partial charge in [0.05, 0.1) is 5.56 Å². The molecule has 0 fully saturated rings. The third-order valence-electron chi connectivity index (χ3n) is 1.62. The average Bonchev–Trinajstić information content (AvgIpc) is 2.14. The van der Waals surface area contributed by atoms with Gasteiger partial charge in [0.25, 0.3) is 0 Å². The Balaban J connectivity index is 3.00. The molecule has 1 aromatic rings. The van der Waals surface area contributed by atoms with Gasteiger partial charge in [-0.2, -0.15) is 0 Å². The lowest BCUT2D eigenvalue weighted by atomic mass is 10.3. The highest BCUT2D eigenvalue weighted by atomic mass is 28.3. The van der Waals surface area contributed by atoms with Gasteiger partial charge in [-0.3, -0.25) is 0 Å². The lowest BCUT2D eigenvalue weighted by molar-refractivity contribution is 1.27. The van der Waals surface area contributed by atoms with Crippen molar-refractivity contribution in [3.63, 3.8) is 0 Å². The molecule has 0 unspecified atom stereocenters. The Hall–Kier alpha value is -1.27. The second-order valence-corrected chi connectivity index (χ2v) is 8.90. The molecular formula is C11H16N2Si. The van der Waals surface area contributed by atoms with E-state index in [4.69, 9.17) is 0 Å². The Bertz CT molecular complexity index is 369. The Labute approximate surface area is 86.8 Å². The third kappa shape index (κ3) is 3.23. The summed E-state index contributed by atoms with van der Waals surface area (Å²) < 4.78 is 0. The van der Waals surface area contributed by atoms with E-state index in [0.29, 0.717) is 0 Å². The second-order valence-electron chi connectivity index (χ2n) is 4.15. The van der Waals surface area contributed by atoms with Crippen LogP contribution in [0.4, 0.5) is 5.82 Å². The molecule has 0 radical (unpaired) electrons. The van der Waals surface area contributed by atoms with Crippen LogP contribution in [0.25, 0.3) is 0 Å². The Morgan fingerprint density at radius 2 is 2.07 bits per heavy atom. The Kier molecular flexibility index (Phi) is 3.31. The summed E-state index contributed by atoms with van der Waals surface area (Å²) in [7, 11) is 0.571. The number of hydrogen-bond donors (Lipinski definition) is 1. The standard InChI is InChI=1S/C11H16N2Si/c1-12-11-10(6-5-8-13-11)7-9-14(2,3)4/h5-6,8H,1-4H3,(H,12,13). The topological polar surface area (TPSA) is 24.9 Å². The van der Waals surface area contributed by atoms with E-state index in [9.17, 15) is 0 Å². The summed E-state index contributed by atoms with van der Waals surface area (Å²) >= 11 is 0. The maximum atomic E-state index is 4.20. The van der Waals surface area contributed by atoms with Gasteiger partial charge in [0.15, 0.2) is 0 Å². The average molecular weight is 204 g/mol. The minimum absolute atomic E-state index is 0.859. The molecule has 0 aliphatic rings. The fraction of sp³-hybridized carbons (Fsp3) is 0.364. The van der Waals surface area contributed by atoms with E-state index in [1.54, 1.807) is 6.20 Å². The molecule has 0 spiro atoms. The molecule has 0 bridgehead atoms. The second kappa shape index (κ2) is 4.29. The highest BCUT2D eigenvalue weighted by Gasteiger charge is 2.07. The largest absolute Gasteiger partial charge is 0.372 e. The number of anilines is 1. The van der Waals surface area contributed by atoms with Crippen molar-refractivity contribution in [2.45, 2.75) is 19.6 Å². The molecule has 0 atom stereocenters. The molecule has 0 aliphatic carbocycles. The van der Waals surface area contributed by atoms with E-state index in [2.05, 4.69) is 41.4 Å². The molecular weight excluding hydrogens is 188 g/mol. The van der Waals surface area contributed by atoms with Crippen molar-refractivity contribution in [2.75, 3.05) is 12.4 Å². The Morgan fingerprint density at radius 1 is 1.36 bits per heavy atom. The highest BCUT2D eigenvalue weighted by molar-refractivity contribution is 6.83. The molecule has 0 aliphatic heterocycles. The predicted octanol–water partition coefficient (Wildman–Crippen LogP) is 2.35. The van der Waals surface area contributed by atoms with Gasteiger partial charge < -0.3 is 5.32 Å². The van der Waals surface area contributed by atoms with Crippen LogP contribution in [0.5, 0.6) is 0 Å². The molecule has 0 aromatic carbocycles. The van der Waals surface area contributed by atoms with Gasteiger partial charge in [-0.1, -0.05) is 25.6 Å². The molecule has 1 rings (SSSR count). The lowest BCUT2D eigenvalue weighted by Gasteiger charge is -2.05. The van der Waals surface area contributed by atoms with Gasteiger partial charge in [0, 0.05) is 13.2 Å². The van der Waals surface area contributed by atoms with Crippen molar-refractivity contribution in [3.8, 4) is 11.5 Å². The quantitative estimate of drug-likeness (QED) is 0.561. The van der Waals surface area contributed by atoms with E-state index in [1.165, 1.54) is 0 Å². The zero-order chi connectivity index (χ0) is 10.6. The summed E-state index contributed by atoms with van der Waals surface area (Å²) in [4.78, 5) is 4.20. The molecule has 1 N–H and O–H groups in total. The van der Waals surface area contributed by atoms with Crippen LogP contribution in [0.15, 0.2) is 18.3 Å². The summed E-state index contributed by atoms with van der Waals surface area (Å²) in [6.45, 7) is 6.69. The normalized spacial score (nSPS) is 10.3. The molecule has 2 nitrogen and oxygen atoms in total. The first-order valence-corrected chi connectivity index (χ1v) is 8.19. The number of aromatic nitrogens is 1. The Morgan fingerprint density at radius 3 is 2.64 bits per heavy atom. The number of pyridine rings is 1. The van der Waals surface area contributed by atoms with Crippen LogP contribution < -0.4 is 5.32 Å². The van der Waals surface area contributed by atoms with E-state index < -0.39 is 8.07 Å². The fourth-order valence-corrected chi connectivity index (χ4v) is 1.47. The van der Waals surface area contributed by atoms with Crippen molar-refractivity contribution in [2.24, 2.45) is 0 Å². The van der Waals surface area contributed by atoms with Crippen LogP contribution in [0.1, 0.15) is 5.56 Å².